The molecule has 1 aromatic carbocycles. The van der Waals surface area contributed by atoms with Gasteiger partial charge in [-0.2, -0.15) is 0 Å². The molecule has 0 saturated carbocycles. The Hall–Kier alpha value is -1.75. The number of hydrogen-bond donors (Lipinski definition) is 1. The van der Waals surface area contributed by atoms with Gasteiger partial charge in [0, 0.05) is 17.7 Å². The molecule has 1 unspecified atom stereocenters. The van der Waals surface area contributed by atoms with Crippen LogP contribution >= 0.6 is 0 Å². The van der Waals surface area contributed by atoms with Crippen LogP contribution in [0.4, 0.5) is 8.78 Å². The van der Waals surface area contributed by atoms with Crippen molar-refractivity contribution in [2.45, 2.75) is 19.5 Å². The molecule has 5 heteroatoms. The van der Waals surface area contributed by atoms with E-state index in [1.54, 1.807) is 13.1 Å². The van der Waals surface area contributed by atoms with Gasteiger partial charge in [-0.3, -0.25) is 0 Å². The highest BCUT2D eigenvalue weighted by atomic mass is 19.1. The molecule has 0 fully saturated rings. The summed E-state index contributed by atoms with van der Waals surface area (Å²) in [5.74, 6) is -0.462. The van der Waals surface area contributed by atoms with Gasteiger partial charge in [0.15, 0.2) is 6.39 Å². The molecule has 0 aliphatic carbocycles. The number of benzene rings is 1. The van der Waals surface area contributed by atoms with E-state index in [1.165, 1.54) is 18.5 Å². The van der Waals surface area contributed by atoms with Crippen molar-refractivity contribution in [2.24, 2.45) is 0 Å². The highest BCUT2D eigenvalue weighted by Crippen LogP contribution is 2.18. The zero-order valence-electron chi connectivity index (χ0n) is 9.28. The summed E-state index contributed by atoms with van der Waals surface area (Å²) in [5, 5.41) is 3.07. The summed E-state index contributed by atoms with van der Waals surface area (Å²) in [6, 6.07) is 3.32. The fourth-order valence-electron chi connectivity index (χ4n) is 1.55. The molecule has 1 atom stereocenters. The second-order valence-electron chi connectivity index (χ2n) is 3.74. The van der Waals surface area contributed by atoms with Crippen LogP contribution in [0.15, 0.2) is 35.2 Å². The predicted octanol–water partition coefficient (Wildman–Crippen LogP) is 2.80. The fraction of sp³-hybridized carbons (Fsp3) is 0.250. The van der Waals surface area contributed by atoms with E-state index in [4.69, 9.17) is 4.42 Å². The third-order valence-corrected chi connectivity index (χ3v) is 2.49. The minimum Gasteiger partial charge on any atom is -0.447 e. The zero-order valence-corrected chi connectivity index (χ0v) is 9.28. The first kappa shape index (κ1) is 11.7. The molecule has 17 heavy (non-hydrogen) atoms. The first-order valence-electron chi connectivity index (χ1n) is 5.22. The van der Waals surface area contributed by atoms with E-state index in [-0.39, 0.29) is 6.04 Å². The first-order chi connectivity index (χ1) is 8.16. The molecule has 2 rings (SSSR count). The van der Waals surface area contributed by atoms with Gasteiger partial charge in [0.2, 0.25) is 0 Å². The van der Waals surface area contributed by atoms with Crippen molar-refractivity contribution in [3.8, 4) is 0 Å². The van der Waals surface area contributed by atoms with Crippen LogP contribution in [0, 0.1) is 11.6 Å². The van der Waals surface area contributed by atoms with Gasteiger partial charge in [0.05, 0.1) is 12.7 Å². The summed E-state index contributed by atoms with van der Waals surface area (Å²) in [5.41, 5.74) is 0.422. The number of aromatic nitrogens is 1. The lowest BCUT2D eigenvalue weighted by molar-refractivity contribution is 0.449. The van der Waals surface area contributed by atoms with Crippen LogP contribution in [0.5, 0.6) is 0 Å². The first-order valence-corrected chi connectivity index (χ1v) is 5.22. The number of oxazole rings is 1. The lowest BCUT2D eigenvalue weighted by atomic mass is 10.1. The highest BCUT2D eigenvalue weighted by molar-refractivity contribution is 5.21. The van der Waals surface area contributed by atoms with Gasteiger partial charge in [0.1, 0.15) is 17.4 Å². The van der Waals surface area contributed by atoms with E-state index in [2.05, 4.69) is 10.3 Å². The molecular formula is C12H12F2N2O. The predicted molar refractivity (Wildman–Crippen MR) is 58.1 cm³/mol. The van der Waals surface area contributed by atoms with E-state index >= 15 is 0 Å². The molecular weight excluding hydrogens is 226 g/mol. The minimum atomic E-state index is -0.575. The van der Waals surface area contributed by atoms with Gasteiger partial charge < -0.3 is 9.73 Å². The van der Waals surface area contributed by atoms with Crippen LogP contribution in [-0.4, -0.2) is 4.98 Å². The molecule has 0 amide bonds. The molecule has 0 spiro atoms. The molecule has 0 aliphatic heterocycles. The van der Waals surface area contributed by atoms with Crippen molar-refractivity contribution in [1.29, 1.82) is 0 Å². The molecule has 0 saturated heterocycles. The van der Waals surface area contributed by atoms with E-state index in [1.807, 2.05) is 0 Å². The minimum absolute atomic E-state index is 0.235. The Morgan fingerprint density at radius 2 is 2.24 bits per heavy atom. The van der Waals surface area contributed by atoms with Crippen molar-refractivity contribution >= 4 is 0 Å². The maximum Gasteiger partial charge on any atom is 0.180 e. The lowest BCUT2D eigenvalue weighted by Crippen LogP contribution is -2.18. The Kier molecular flexibility index (Phi) is 3.49. The van der Waals surface area contributed by atoms with Crippen LogP contribution in [0.3, 0.4) is 0 Å². The molecule has 0 radical (unpaired) electrons. The zero-order chi connectivity index (χ0) is 12.3. The van der Waals surface area contributed by atoms with Crippen molar-refractivity contribution in [1.82, 2.24) is 10.3 Å². The molecule has 1 aromatic heterocycles. The van der Waals surface area contributed by atoms with Crippen molar-refractivity contribution in [3.63, 3.8) is 0 Å². The monoisotopic (exact) mass is 238 g/mol. The average molecular weight is 238 g/mol. The van der Waals surface area contributed by atoms with Crippen LogP contribution in [0.1, 0.15) is 24.3 Å². The quantitative estimate of drug-likeness (QED) is 0.890. The van der Waals surface area contributed by atoms with Gasteiger partial charge in [0.25, 0.3) is 0 Å². The van der Waals surface area contributed by atoms with Crippen LogP contribution < -0.4 is 5.32 Å². The number of nitrogens with zero attached hydrogens (tertiary/aromatic N) is 1. The lowest BCUT2D eigenvalue weighted by Gasteiger charge is -2.13. The number of hydrogen-bond acceptors (Lipinski definition) is 3. The van der Waals surface area contributed by atoms with Gasteiger partial charge in [-0.05, 0) is 13.0 Å². The standard InChI is InChI=1S/C12H12F2N2O/c1-8(16-6-10-5-15-7-17-10)11-3-2-9(13)4-12(11)14/h2-5,7-8,16H,6H2,1H3. The second kappa shape index (κ2) is 5.05. The van der Waals surface area contributed by atoms with E-state index in [9.17, 15) is 8.78 Å². The molecule has 1 N–H and O–H groups in total. The fourth-order valence-corrected chi connectivity index (χ4v) is 1.55. The SMILES string of the molecule is CC(NCc1cnco1)c1ccc(F)cc1F. The van der Waals surface area contributed by atoms with E-state index in [0.717, 1.165) is 6.07 Å². The Morgan fingerprint density at radius 3 is 2.88 bits per heavy atom. The number of rotatable bonds is 4. The van der Waals surface area contributed by atoms with Crippen molar-refractivity contribution in [2.75, 3.05) is 0 Å². The molecule has 90 valence electrons. The van der Waals surface area contributed by atoms with Crippen molar-refractivity contribution in [3.05, 3.63) is 53.7 Å². The van der Waals surface area contributed by atoms with E-state index in [0.29, 0.717) is 17.9 Å². The normalized spacial score (nSPS) is 12.6. The second-order valence-corrected chi connectivity index (χ2v) is 3.74. The van der Waals surface area contributed by atoms with Gasteiger partial charge in [-0.15, -0.1) is 0 Å². The molecule has 0 aliphatic rings. The third kappa shape index (κ3) is 2.88. The topological polar surface area (TPSA) is 38.1 Å². The largest absolute Gasteiger partial charge is 0.447 e. The number of nitrogens with one attached hydrogen (secondary N) is 1. The molecule has 2 aromatic rings. The van der Waals surface area contributed by atoms with Crippen LogP contribution in [-0.2, 0) is 6.54 Å². The maximum atomic E-state index is 13.5. The Morgan fingerprint density at radius 1 is 1.41 bits per heavy atom. The summed E-state index contributed by atoms with van der Waals surface area (Å²) >= 11 is 0. The summed E-state index contributed by atoms with van der Waals surface area (Å²) < 4.78 is 31.2. The van der Waals surface area contributed by atoms with E-state index < -0.39 is 11.6 Å². The van der Waals surface area contributed by atoms with Gasteiger partial charge in [-0.25, -0.2) is 13.8 Å². The maximum absolute atomic E-state index is 13.5. The summed E-state index contributed by atoms with van der Waals surface area (Å²) in [6.45, 7) is 2.24. The third-order valence-electron chi connectivity index (χ3n) is 2.49. The summed E-state index contributed by atoms with van der Waals surface area (Å²) in [4.78, 5) is 3.77. The Balaban J connectivity index is 2.01. The summed E-state index contributed by atoms with van der Waals surface area (Å²) in [7, 11) is 0. The van der Waals surface area contributed by atoms with Gasteiger partial charge >= 0.3 is 0 Å². The smallest absolute Gasteiger partial charge is 0.180 e. The van der Waals surface area contributed by atoms with Gasteiger partial charge in [-0.1, -0.05) is 6.07 Å². The highest BCUT2D eigenvalue weighted by Gasteiger charge is 2.11. The molecule has 1 heterocycles. The summed E-state index contributed by atoms with van der Waals surface area (Å²) in [6.07, 6.45) is 2.92. The number of halogens is 2. The average Bonchev–Trinajstić information content (AvgIpc) is 2.78. The molecule has 3 nitrogen and oxygen atoms in total. The van der Waals surface area contributed by atoms with Crippen molar-refractivity contribution < 1.29 is 13.2 Å². The van der Waals surface area contributed by atoms with Crippen LogP contribution in [0.2, 0.25) is 0 Å². The Bertz CT molecular complexity index is 485. The Labute approximate surface area is 97.5 Å². The van der Waals surface area contributed by atoms with Crippen LogP contribution in [0.25, 0.3) is 0 Å². The molecule has 0 bridgehead atoms.